The van der Waals surface area contributed by atoms with Gasteiger partial charge in [-0.3, -0.25) is 0 Å². The second-order valence-corrected chi connectivity index (χ2v) is 6.47. The Balaban J connectivity index is 2.96. The number of nitrogens with zero attached hydrogens (tertiary/aromatic N) is 1. The lowest BCUT2D eigenvalue weighted by molar-refractivity contribution is 0.116. The van der Waals surface area contributed by atoms with Gasteiger partial charge in [0, 0.05) is 11.6 Å². The standard InChI is InChI=1S/C16H27BrN2O/c1-7-16(2,19(4)5)15(18-3)11-12-8-9-14(20-6)13(17)10-12/h8-10,15,18H,7,11H2,1-6H3. The third kappa shape index (κ3) is 3.74. The van der Waals surface area contributed by atoms with Crippen LogP contribution < -0.4 is 10.1 Å². The topological polar surface area (TPSA) is 24.5 Å². The van der Waals surface area contributed by atoms with Crippen LogP contribution in [0.15, 0.2) is 22.7 Å². The van der Waals surface area contributed by atoms with Gasteiger partial charge in [-0.05, 0) is 74.5 Å². The van der Waals surface area contributed by atoms with Crippen LogP contribution in [-0.4, -0.2) is 44.7 Å². The summed E-state index contributed by atoms with van der Waals surface area (Å²) in [6, 6.07) is 6.70. The molecular formula is C16H27BrN2O. The second-order valence-electron chi connectivity index (χ2n) is 5.62. The molecule has 1 N–H and O–H groups in total. The Morgan fingerprint density at radius 1 is 1.40 bits per heavy atom. The monoisotopic (exact) mass is 342 g/mol. The van der Waals surface area contributed by atoms with Crippen molar-refractivity contribution in [1.82, 2.24) is 10.2 Å². The van der Waals surface area contributed by atoms with Crippen LogP contribution in [0.2, 0.25) is 0 Å². The van der Waals surface area contributed by atoms with Crippen molar-refractivity contribution in [1.29, 1.82) is 0 Å². The maximum Gasteiger partial charge on any atom is 0.133 e. The molecule has 0 spiro atoms. The summed E-state index contributed by atoms with van der Waals surface area (Å²) in [5, 5.41) is 3.48. The predicted octanol–water partition coefficient (Wildman–Crippen LogP) is 3.32. The lowest BCUT2D eigenvalue weighted by atomic mass is 9.84. The number of halogens is 1. The molecule has 1 aromatic carbocycles. The average molecular weight is 343 g/mol. The molecule has 3 nitrogen and oxygen atoms in total. The van der Waals surface area contributed by atoms with E-state index in [0.29, 0.717) is 6.04 Å². The van der Waals surface area contributed by atoms with Gasteiger partial charge in [-0.2, -0.15) is 0 Å². The summed E-state index contributed by atoms with van der Waals surface area (Å²) in [5.74, 6) is 0.876. The number of methoxy groups -OCH3 is 1. The highest BCUT2D eigenvalue weighted by Crippen LogP contribution is 2.28. The highest BCUT2D eigenvalue weighted by Gasteiger charge is 2.33. The highest BCUT2D eigenvalue weighted by atomic mass is 79.9. The number of likely N-dealkylation sites (N-methyl/N-ethyl adjacent to an activating group) is 2. The maximum atomic E-state index is 5.29. The zero-order valence-electron chi connectivity index (χ0n) is 13.5. The van der Waals surface area contributed by atoms with E-state index in [1.807, 2.05) is 13.1 Å². The van der Waals surface area contributed by atoms with E-state index in [-0.39, 0.29) is 5.54 Å². The second kappa shape index (κ2) is 7.43. The Labute approximate surface area is 131 Å². The Morgan fingerprint density at radius 2 is 2.05 bits per heavy atom. The molecular weight excluding hydrogens is 316 g/mol. The molecule has 0 aliphatic carbocycles. The summed E-state index contributed by atoms with van der Waals surface area (Å²) < 4.78 is 6.30. The summed E-state index contributed by atoms with van der Waals surface area (Å²) in [4.78, 5) is 2.31. The number of ether oxygens (including phenoxy) is 1. The Morgan fingerprint density at radius 3 is 2.45 bits per heavy atom. The summed E-state index contributed by atoms with van der Waals surface area (Å²) >= 11 is 3.56. The van der Waals surface area contributed by atoms with E-state index in [0.717, 1.165) is 23.1 Å². The smallest absolute Gasteiger partial charge is 0.133 e. The van der Waals surface area contributed by atoms with Gasteiger partial charge in [-0.15, -0.1) is 0 Å². The van der Waals surface area contributed by atoms with Crippen LogP contribution in [0.4, 0.5) is 0 Å². The zero-order valence-corrected chi connectivity index (χ0v) is 15.0. The Bertz CT molecular complexity index is 436. The minimum atomic E-state index is 0.126. The van der Waals surface area contributed by atoms with Gasteiger partial charge in [0.1, 0.15) is 5.75 Å². The van der Waals surface area contributed by atoms with Gasteiger partial charge in [0.25, 0.3) is 0 Å². The van der Waals surface area contributed by atoms with Crippen molar-refractivity contribution < 1.29 is 4.74 Å². The normalized spacial score (nSPS) is 16.0. The zero-order chi connectivity index (χ0) is 15.3. The molecule has 0 aromatic heterocycles. The van der Waals surface area contributed by atoms with Crippen molar-refractivity contribution in [2.75, 3.05) is 28.3 Å². The van der Waals surface area contributed by atoms with E-state index in [1.165, 1.54) is 5.56 Å². The van der Waals surface area contributed by atoms with E-state index < -0.39 is 0 Å². The lowest BCUT2D eigenvalue weighted by Gasteiger charge is -2.43. The fourth-order valence-corrected chi connectivity index (χ4v) is 3.17. The van der Waals surface area contributed by atoms with Crippen molar-refractivity contribution in [3.05, 3.63) is 28.2 Å². The molecule has 0 heterocycles. The largest absolute Gasteiger partial charge is 0.496 e. The Hall–Kier alpha value is -0.580. The average Bonchev–Trinajstić information content (AvgIpc) is 2.43. The van der Waals surface area contributed by atoms with Gasteiger partial charge >= 0.3 is 0 Å². The molecule has 0 aliphatic rings. The summed E-state index contributed by atoms with van der Waals surface area (Å²) in [6.45, 7) is 4.56. The molecule has 0 amide bonds. The molecule has 0 saturated heterocycles. The van der Waals surface area contributed by atoms with Crippen molar-refractivity contribution in [3.8, 4) is 5.75 Å². The molecule has 4 heteroatoms. The van der Waals surface area contributed by atoms with Crippen molar-refractivity contribution in [2.45, 2.75) is 38.3 Å². The number of hydrogen-bond donors (Lipinski definition) is 1. The fraction of sp³-hybridized carbons (Fsp3) is 0.625. The van der Waals surface area contributed by atoms with Crippen LogP contribution in [-0.2, 0) is 6.42 Å². The molecule has 0 fully saturated rings. The first-order valence-electron chi connectivity index (χ1n) is 7.06. The molecule has 2 atom stereocenters. The van der Waals surface area contributed by atoms with E-state index in [4.69, 9.17) is 4.74 Å². The number of hydrogen-bond acceptors (Lipinski definition) is 3. The van der Waals surface area contributed by atoms with Crippen LogP contribution in [0.3, 0.4) is 0 Å². The summed E-state index contributed by atoms with van der Waals surface area (Å²) in [5.41, 5.74) is 1.43. The van der Waals surface area contributed by atoms with Crippen LogP contribution in [0, 0.1) is 0 Å². The van der Waals surface area contributed by atoms with Crippen LogP contribution in [0.5, 0.6) is 5.75 Å². The molecule has 1 aromatic rings. The highest BCUT2D eigenvalue weighted by molar-refractivity contribution is 9.10. The minimum absolute atomic E-state index is 0.126. The fourth-order valence-electron chi connectivity index (χ4n) is 2.58. The third-order valence-corrected chi connectivity index (χ3v) is 5.11. The van der Waals surface area contributed by atoms with E-state index in [9.17, 15) is 0 Å². The van der Waals surface area contributed by atoms with Crippen molar-refractivity contribution >= 4 is 15.9 Å². The predicted molar refractivity (Wildman–Crippen MR) is 89.6 cm³/mol. The van der Waals surface area contributed by atoms with Crippen LogP contribution in [0.25, 0.3) is 0 Å². The number of rotatable bonds is 7. The van der Waals surface area contributed by atoms with Gasteiger partial charge in [0.05, 0.1) is 11.6 Å². The molecule has 0 bridgehead atoms. The third-order valence-electron chi connectivity index (χ3n) is 4.49. The van der Waals surface area contributed by atoms with Gasteiger partial charge in [0.15, 0.2) is 0 Å². The number of nitrogens with one attached hydrogen (secondary N) is 1. The minimum Gasteiger partial charge on any atom is -0.496 e. The van der Waals surface area contributed by atoms with E-state index in [2.05, 4.69) is 66.2 Å². The van der Waals surface area contributed by atoms with Gasteiger partial charge in [-0.1, -0.05) is 13.0 Å². The van der Waals surface area contributed by atoms with Gasteiger partial charge < -0.3 is 15.0 Å². The molecule has 0 saturated carbocycles. The van der Waals surface area contributed by atoms with Gasteiger partial charge in [-0.25, -0.2) is 0 Å². The summed E-state index contributed by atoms with van der Waals surface area (Å²) in [6.07, 6.45) is 2.09. The summed E-state index contributed by atoms with van der Waals surface area (Å²) in [7, 11) is 8.03. The van der Waals surface area contributed by atoms with Crippen LogP contribution >= 0.6 is 15.9 Å². The molecule has 2 unspecified atom stereocenters. The van der Waals surface area contributed by atoms with E-state index in [1.54, 1.807) is 7.11 Å². The molecule has 114 valence electrons. The van der Waals surface area contributed by atoms with Crippen molar-refractivity contribution in [2.24, 2.45) is 0 Å². The van der Waals surface area contributed by atoms with Gasteiger partial charge in [0.2, 0.25) is 0 Å². The lowest BCUT2D eigenvalue weighted by Crippen LogP contribution is -2.56. The Kier molecular flexibility index (Phi) is 6.49. The maximum absolute atomic E-state index is 5.29. The first-order valence-corrected chi connectivity index (χ1v) is 7.85. The number of benzene rings is 1. The van der Waals surface area contributed by atoms with Crippen LogP contribution in [0.1, 0.15) is 25.8 Å². The molecule has 1 rings (SSSR count). The van der Waals surface area contributed by atoms with E-state index >= 15 is 0 Å². The quantitative estimate of drug-likeness (QED) is 0.822. The first-order chi connectivity index (χ1) is 9.38. The molecule has 0 radical (unpaired) electrons. The molecule has 20 heavy (non-hydrogen) atoms. The molecule has 0 aliphatic heterocycles. The first kappa shape index (κ1) is 17.5. The van der Waals surface area contributed by atoms with Crippen molar-refractivity contribution in [3.63, 3.8) is 0 Å². The SMILES string of the molecule is CCC(C)(C(Cc1ccc(OC)c(Br)c1)NC)N(C)C.